The van der Waals surface area contributed by atoms with Crippen LogP contribution in [0.15, 0.2) is 33.2 Å². The Morgan fingerprint density at radius 1 is 1.40 bits per heavy atom. The molecule has 20 heavy (non-hydrogen) atoms. The predicted octanol–water partition coefficient (Wildman–Crippen LogP) is 1.86. The van der Waals surface area contributed by atoms with E-state index in [4.69, 9.17) is 0 Å². The number of rotatable bonds is 6. The quantitative estimate of drug-likeness (QED) is 0.803. The zero-order valence-electron chi connectivity index (χ0n) is 10.6. The molecule has 0 aliphatic carbocycles. The van der Waals surface area contributed by atoms with Gasteiger partial charge in [-0.15, -0.1) is 11.3 Å². The number of hydrogen-bond donors (Lipinski definition) is 2. The van der Waals surface area contributed by atoms with E-state index in [0.29, 0.717) is 23.3 Å². The minimum atomic E-state index is -3.61. The summed E-state index contributed by atoms with van der Waals surface area (Å²) in [5.74, 6) is 0.315. The molecule has 0 fully saturated rings. The molecule has 0 radical (unpaired) electrons. The zero-order valence-corrected chi connectivity index (χ0v) is 13.8. The molecular formula is C11H13BrN4O2S2. The molecule has 2 N–H and O–H groups in total. The Kier molecular flexibility index (Phi) is 5.08. The molecular weight excluding hydrogens is 364 g/mol. The van der Waals surface area contributed by atoms with Crippen LogP contribution in [0.3, 0.4) is 0 Å². The molecule has 0 saturated heterocycles. The molecule has 0 amide bonds. The molecule has 6 nitrogen and oxygen atoms in total. The van der Waals surface area contributed by atoms with E-state index in [1.54, 1.807) is 19.4 Å². The maximum atomic E-state index is 12.3. The first-order valence-corrected chi connectivity index (χ1v) is 8.90. The van der Waals surface area contributed by atoms with Crippen LogP contribution in [0.5, 0.6) is 0 Å². The fourth-order valence-electron chi connectivity index (χ4n) is 1.56. The van der Waals surface area contributed by atoms with Gasteiger partial charge in [-0.3, -0.25) is 0 Å². The molecule has 0 aromatic carbocycles. The van der Waals surface area contributed by atoms with Crippen molar-refractivity contribution in [2.45, 2.75) is 11.3 Å². The second-order valence-corrected chi connectivity index (χ2v) is 7.45. The number of sulfonamides is 1. The van der Waals surface area contributed by atoms with Gasteiger partial charge in [0.05, 0.1) is 5.01 Å². The average molecular weight is 377 g/mol. The fourth-order valence-corrected chi connectivity index (χ4v) is 3.88. The molecule has 2 heterocycles. The molecule has 0 unspecified atom stereocenters. The minimum Gasteiger partial charge on any atom is -0.372 e. The molecule has 0 saturated carbocycles. The fraction of sp³-hybridized carbons (Fsp3) is 0.273. The van der Waals surface area contributed by atoms with Crippen molar-refractivity contribution in [1.29, 1.82) is 0 Å². The number of nitrogens with zero attached hydrogens (tertiary/aromatic N) is 2. The van der Waals surface area contributed by atoms with Crippen LogP contribution in [-0.4, -0.2) is 32.0 Å². The standard InChI is InChI=1S/C11H13BrN4O2S2/c1-13-11-9(6-8(12)7-15-11)20(17,18)16-3-2-10-14-4-5-19-10/h4-7,16H,2-3H2,1H3,(H,13,15). The summed E-state index contributed by atoms with van der Waals surface area (Å²) in [6.07, 6.45) is 3.81. The Bertz CT molecular complexity index is 674. The van der Waals surface area contributed by atoms with E-state index in [1.165, 1.54) is 17.4 Å². The van der Waals surface area contributed by atoms with E-state index in [1.807, 2.05) is 5.38 Å². The predicted molar refractivity (Wildman–Crippen MR) is 82.5 cm³/mol. The van der Waals surface area contributed by atoms with Crippen LogP contribution >= 0.6 is 27.3 Å². The maximum absolute atomic E-state index is 12.3. The third-order valence-corrected chi connectivity index (χ3v) is 5.21. The van der Waals surface area contributed by atoms with Gasteiger partial charge in [0.2, 0.25) is 10.0 Å². The largest absolute Gasteiger partial charge is 0.372 e. The van der Waals surface area contributed by atoms with E-state index in [9.17, 15) is 8.42 Å². The van der Waals surface area contributed by atoms with E-state index in [0.717, 1.165) is 5.01 Å². The summed E-state index contributed by atoms with van der Waals surface area (Å²) in [5.41, 5.74) is 0. The first-order chi connectivity index (χ1) is 9.53. The van der Waals surface area contributed by atoms with Gasteiger partial charge in [-0.05, 0) is 22.0 Å². The molecule has 0 atom stereocenters. The topological polar surface area (TPSA) is 84.0 Å². The first kappa shape index (κ1) is 15.4. The Labute approximate surface area is 129 Å². The molecule has 2 aromatic rings. The lowest BCUT2D eigenvalue weighted by molar-refractivity contribution is 0.581. The lowest BCUT2D eigenvalue weighted by Gasteiger charge is -2.10. The molecule has 9 heteroatoms. The van der Waals surface area contributed by atoms with Crippen molar-refractivity contribution in [1.82, 2.24) is 14.7 Å². The summed E-state index contributed by atoms with van der Waals surface area (Å²) in [6, 6.07) is 1.52. The van der Waals surface area contributed by atoms with E-state index in [-0.39, 0.29) is 4.90 Å². The van der Waals surface area contributed by atoms with Crippen molar-refractivity contribution in [3.05, 3.63) is 33.3 Å². The number of anilines is 1. The van der Waals surface area contributed by atoms with Crippen LogP contribution in [0.4, 0.5) is 5.82 Å². The highest BCUT2D eigenvalue weighted by Crippen LogP contribution is 2.22. The Morgan fingerprint density at radius 2 is 2.20 bits per heavy atom. The number of aromatic nitrogens is 2. The van der Waals surface area contributed by atoms with Gasteiger partial charge in [-0.2, -0.15) is 0 Å². The Morgan fingerprint density at radius 3 is 2.85 bits per heavy atom. The van der Waals surface area contributed by atoms with Gasteiger partial charge in [-0.1, -0.05) is 0 Å². The summed E-state index contributed by atoms with van der Waals surface area (Å²) >= 11 is 4.73. The van der Waals surface area contributed by atoms with E-state index < -0.39 is 10.0 Å². The van der Waals surface area contributed by atoms with E-state index >= 15 is 0 Å². The summed E-state index contributed by atoms with van der Waals surface area (Å²) in [4.78, 5) is 8.26. The van der Waals surface area contributed by atoms with Crippen LogP contribution in [0, 0.1) is 0 Å². The third-order valence-electron chi connectivity index (χ3n) is 2.46. The number of nitrogens with one attached hydrogen (secondary N) is 2. The van der Waals surface area contributed by atoms with Crippen LogP contribution in [-0.2, 0) is 16.4 Å². The molecule has 2 aromatic heterocycles. The van der Waals surface area contributed by atoms with Gasteiger partial charge >= 0.3 is 0 Å². The zero-order chi connectivity index (χ0) is 14.6. The van der Waals surface area contributed by atoms with Gasteiger partial charge in [-0.25, -0.2) is 23.1 Å². The van der Waals surface area contributed by atoms with E-state index in [2.05, 4.69) is 35.9 Å². The van der Waals surface area contributed by atoms with Crippen molar-refractivity contribution in [3.63, 3.8) is 0 Å². The van der Waals surface area contributed by atoms with Crippen LogP contribution in [0.25, 0.3) is 0 Å². The highest BCUT2D eigenvalue weighted by atomic mass is 79.9. The van der Waals surface area contributed by atoms with Gasteiger partial charge in [0, 0.05) is 42.3 Å². The Balaban J connectivity index is 2.11. The highest BCUT2D eigenvalue weighted by molar-refractivity contribution is 9.10. The molecule has 0 aliphatic rings. The van der Waals surface area contributed by atoms with Crippen molar-refractivity contribution < 1.29 is 8.42 Å². The second-order valence-electron chi connectivity index (χ2n) is 3.82. The van der Waals surface area contributed by atoms with Crippen molar-refractivity contribution >= 4 is 43.1 Å². The lowest BCUT2D eigenvalue weighted by atomic mass is 10.4. The smallest absolute Gasteiger partial charge is 0.244 e. The molecule has 0 aliphatic heterocycles. The second kappa shape index (κ2) is 6.61. The third kappa shape index (κ3) is 3.75. The highest BCUT2D eigenvalue weighted by Gasteiger charge is 2.19. The summed E-state index contributed by atoms with van der Waals surface area (Å²) in [6.45, 7) is 0.297. The van der Waals surface area contributed by atoms with Crippen LogP contribution in [0.1, 0.15) is 5.01 Å². The van der Waals surface area contributed by atoms with Crippen LogP contribution < -0.4 is 10.0 Å². The van der Waals surface area contributed by atoms with Crippen molar-refractivity contribution in [2.75, 3.05) is 18.9 Å². The summed E-state index contributed by atoms with van der Waals surface area (Å²) < 4.78 is 27.7. The maximum Gasteiger partial charge on any atom is 0.244 e. The Hall–Kier alpha value is -1.03. The molecule has 0 spiro atoms. The molecule has 0 bridgehead atoms. The van der Waals surface area contributed by atoms with Gasteiger partial charge in [0.15, 0.2) is 0 Å². The minimum absolute atomic E-state index is 0.119. The molecule has 108 valence electrons. The number of thiazole rings is 1. The lowest BCUT2D eigenvalue weighted by Crippen LogP contribution is -2.27. The number of hydrogen-bond acceptors (Lipinski definition) is 6. The summed E-state index contributed by atoms with van der Waals surface area (Å²) in [7, 11) is -1.98. The van der Waals surface area contributed by atoms with Crippen molar-refractivity contribution in [3.8, 4) is 0 Å². The van der Waals surface area contributed by atoms with Gasteiger partial charge in [0.1, 0.15) is 10.7 Å². The van der Waals surface area contributed by atoms with Gasteiger partial charge in [0.25, 0.3) is 0 Å². The average Bonchev–Trinajstić information content (AvgIpc) is 2.91. The normalized spacial score (nSPS) is 11.5. The SMILES string of the molecule is CNc1ncc(Br)cc1S(=O)(=O)NCCc1nccs1. The van der Waals surface area contributed by atoms with Crippen LogP contribution in [0.2, 0.25) is 0 Å². The van der Waals surface area contributed by atoms with Gasteiger partial charge < -0.3 is 5.32 Å². The van der Waals surface area contributed by atoms with Crippen molar-refractivity contribution in [2.24, 2.45) is 0 Å². The summed E-state index contributed by atoms with van der Waals surface area (Å²) in [5, 5.41) is 5.53. The number of halogens is 1. The monoisotopic (exact) mass is 376 g/mol. The number of pyridine rings is 1. The molecule has 2 rings (SSSR count). The first-order valence-electron chi connectivity index (χ1n) is 5.74.